The van der Waals surface area contributed by atoms with Gasteiger partial charge in [0.15, 0.2) is 0 Å². The predicted molar refractivity (Wildman–Crippen MR) is 94.5 cm³/mol. The molecule has 0 saturated carbocycles. The number of fused-ring (bicyclic) bond motifs is 1. The molecule has 123 valence electrons. The number of thiol groups is 1. The topological polar surface area (TPSA) is 35.2 Å². The number of rotatable bonds is 3. The molecule has 1 N–H and O–H groups in total. The van der Waals surface area contributed by atoms with E-state index in [0.29, 0.717) is 0 Å². The highest BCUT2D eigenvalue weighted by Gasteiger charge is 2.50. The van der Waals surface area contributed by atoms with Crippen molar-refractivity contribution >= 4 is 12.6 Å². The average molecular weight is 322 g/mol. The predicted octanol–water partition coefficient (Wildman–Crippen LogP) is 4.18. The standard InChI is InChI=1S/C18H29N2OS/c1-16(2,3)19-11-15(22)12-8-9-13-14(10-12)18(6,7)20(21)17(13,4)5/h8-10,15,19,22H,11H2,1-7H3. The lowest BCUT2D eigenvalue weighted by molar-refractivity contribution is -0.266. The van der Waals surface area contributed by atoms with Crippen molar-refractivity contribution in [2.45, 2.75) is 70.3 Å². The second-order valence-corrected chi connectivity index (χ2v) is 8.99. The van der Waals surface area contributed by atoms with Crippen molar-refractivity contribution in [3.63, 3.8) is 0 Å². The molecule has 3 nitrogen and oxygen atoms in total. The molecule has 1 aromatic rings. The van der Waals surface area contributed by atoms with Gasteiger partial charge in [-0.3, -0.25) is 0 Å². The molecule has 0 aromatic heterocycles. The summed E-state index contributed by atoms with van der Waals surface area (Å²) in [5, 5.41) is 17.4. The molecule has 1 aliphatic rings. The smallest absolute Gasteiger partial charge is 0.0699 e. The number of nitrogens with one attached hydrogen (secondary N) is 1. The minimum absolute atomic E-state index is 0.0742. The maximum absolute atomic E-state index is 12.6. The molecule has 22 heavy (non-hydrogen) atoms. The van der Waals surface area contributed by atoms with Crippen molar-refractivity contribution in [2.24, 2.45) is 0 Å². The van der Waals surface area contributed by atoms with Crippen LogP contribution in [0, 0.1) is 0 Å². The van der Waals surface area contributed by atoms with E-state index in [-0.39, 0.29) is 10.8 Å². The average Bonchev–Trinajstić information content (AvgIpc) is 2.54. The van der Waals surface area contributed by atoms with Crippen molar-refractivity contribution in [1.82, 2.24) is 10.4 Å². The van der Waals surface area contributed by atoms with Gasteiger partial charge in [-0.1, -0.05) is 18.2 Å². The fourth-order valence-corrected chi connectivity index (χ4v) is 3.50. The van der Waals surface area contributed by atoms with E-state index in [1.807, 2.05) is 27.7 Å². The molecule has 0 aliphatic carbocycles. The Hall–Kier alpha value is -0.550. The third-order valence-corrected chi connectivity index (χ3v) is 5.07. The lowest BCUT2D eigenvalue weighted by atomic mass is 9.88. The molecule has 4 heteroatoms. The van der Waals surface area contributed by atoms with Gasteiger partial charge in [0.2, 0.25) is 0 Å². The molecule has 0 fully saturated rings. The number of hydroxylamine groups is 2. The van der Waals surface area contributed by atoms with Crippen LogP contribution in [0.4, 0.5) is 0 Å². The number of hydrogen-bond donors (Lipinski definition) is 2. The second-order valence-electron chi connectivity index (χ2n) is 8.36. The summed E-state index contributed by atoms with van der Waals surface area (Å²) in [5.74, 6) is 0. The number of nitrogens with zero attached hydrogens (tertiary/aromatic N) is 1. The van der Waals surface area contributed by atoms with E-state index in [4.69, 9.17) is 12.6 Å². The highest BCUT2D eigenvalue weighted by atomic mass is 32.1. The van der Waals surface area contributed by atoms with E-state index < -0.39 is 11.1 Å². The summed E-state index contributed by atoms with van der Waals surface area (Å²) in [6, 6.07) is 6.37. The molecular weight excluding hydrogens is 292 g/mol. The molecule has 0 spiro atoms. The molecule has 1 heterocycles. The van der Waals surface area contributed by atoms with Crippen LogP contribution in [-0.2, 0) is 16.3 Å². The summed E-state index contributed by atoms with van der Waals surface area (Å²) >= 11 is 4.74. The molecular formula is C18H29N2OS. The Morgan fingerprint density at radius 2 is 1.68 bits per heavy atom. The lowest BCUT2D eigenvalue weighted by Crippen LogP contribution is -2.41. The molecule has 1 radical (unpaired) electrons. The van der Waals surface area contributed by atoms with Crippen LogP contribution in [0.2, 0.25) is 0 Å². The van der Waals surface area contributed by atoms with Gasteiger partial charge in [0, 0.05) is 17.3 Å². The number of hydrogen-bond acceptors (Lipinski definition) is 3. The van der Waals surface area contributed by atoms with Crippen LogP contribution in [0.15, 0.2) is 18.2 Å². The molecule has 0 bridgehead atoms. The molecule has 2 rings (SSSR count). The van der Waals surface area contributed by atoms with Crippen LogP contribution in [0.1, 0.15) is 70.4 Å². The molecule has 1 atom stereocenters. The van der Waals surface area contributed by atoms with Gasteiger partial charge in [0.25, 0.3) is 0 Å². The van der Waals surface area contributed by atoms with Crippen LogP contribution >= 0.6 is 12.6 Å². The Kier molecular flexibility index (Phi) is 4.46. The minimum Gasteiger partial charge on any atom is -0.311 e. The van der Waals surface area contributed by atoms with Crippen LogP contribution in [0.3, 0.4) is 0 Å². The van der Waals surface area contributed by atoms with E-state index in [0.717, 1.165) is 23.2 Å². The summed E-state index contributed by atoms with van der Waals surface area (Å²) in [6.07, 6.45) is 0. The van der Waals surface area contributed by atoms with Crippen molar-refractivity contribution in [1.29, 1.82) is 0 Å². The van der Waals surface area contributed by atoms with E-state index in [2.05, 4.69) is 44.3 Å². The van der Waals surface area contributed by atoms with Crippen LogP contribution in [0.25, 0.3) is 0 Å². The fraction of sp³-hybridized carbons (Fsp3) is 0.667. The monoisotopic (exact) mass is 321 g/mol. The summed E-state index contributed by atoms with van der Waals surface area (Å²) in [7, 11) is 0. The molecule has 1 aromatic carbocycles. The minimum atomic E-state index is -0.500. The fourth-order valence-electron chi connectivity index (χ4n) is 3.25. The van der Waals surface area contributed by atoms with Crippen LogP contribution in [0.5, 0.6) is 0 Å². The second kappa shape index (κ2) is 5.52. The van der Waals surface area contributed by atoms with Crippen molar-refractivity contribution < 1.29 is 5.21 Å². The Morgan fingerprint density at radius 3 is 2.23 bits per heavy atom. The normalized spacial score (nSPS) is 21.7. The Balaban J connectivity index is 2.32. The highest BCUT2D eigenvalue weighted by Crippen LogP contribution is 2.48. The van der Waals surface area contributed by atoms with Gasteiger partial charge >= 0.3 is 0 Å². The van der Waals surface area contributed by atoms with Gasteiger partial charge in [0.1, 0.15) is 0 Å². The molecule has 0 saturated heterocycles. The first-order chi connectivity index (χ1) is 9.87. The SMILES string of the molecule is CC(C)(C)NCC(S)c1ccc2c(c1)C(C)(C)N([O])C2(C)C. The van der Waals surface area contributed by atoms with Crippen LogP contribution in [-0.4, -0.2) is 17.1 Å². The zero-order valence-corrected chi connectivity index (χ0v) is 15.7. The quantitative estimate of drug-likeness (QED) is 0.819. The maximum atomic E-state index is 12.6. The lowest BCUT2D eigenvalue weighted by Gasteiger charge is -2.32. The van der Waals surface area contributed by atoms with E-state index >= 15 is 0 Å². The van der Waals surface area contributed by atoms with Gasteiger partial charge in [-0.05, 0) is 65.2 Å². The van der Waals surface area contributed by atoms with E-state index in [1.54, 1.807) is 0 Å². The molecule has 1 aliphatic heterocycles. The van der Waals surface area contributed by atoms with E-state index in [9.17, 15) is 5.21 Å². The summed E-state index contributed by atoms with van der Waals surface area (Å²) in [5.41, 5.74) is 2.51. The summed E-state index contributed by atoms with van der Waals surface area (Å²) in [6.45, 7) is 15.2. The van der Waals surface area contributed by atoms with Crippen molar-refractivity contribution in [3.05, 3.63) is 34.9 Å². The largest absolute Gasteiger partial charge is 0.311 e. The van der Waals surface area contributed by atoms with Gasteiger partial charge in [-0.25, -0.2) is 0 Å². The Bertz CT molecular complexity index is 561. The summed E-state index contributed by atoms with van der Waals surface area (Å²) < 4.78 is 0. The first-order valence-electron chi connectivity index (χ1n) is 7.93. The van der Waals surface area contributed by atoms with Crippen LogP contribution < -0.4 is 5.32 Å². The summed E-state index contributed by atoms with van der Waals surface area (Å²) in [4.78, 5) is 0. The van der Waals surface area contributed by atoms with Gasteiger partial charge in [-0.15, -0.1) is 10.3 Å². The molecule has 1 unspecified atom stereocenters. The maximum Gasteiger partial charge on any atom is 0.0699 e. The van der Waals surface area contributed by atoms with Gasteiger partial charge in [0.05, 0.1) is 11.1 Å². The first-order valence-corrected chi connectivity index (χ1v) is 8.44. The van der Waals surface area contributed by atoms with Gasteiger partial charge < -0.3 is 5.32 Å². The zero-order valence-electron chi connectivity index (χ0n) is 14.8. The molecule has 0 amide bonds. The number of benzene rings is 1. The highest BCUT2D eigenvalue weighted by molar-refractivity contribution is 7.80. The third kappa shape index (κ3) is 3.07. The third-order valence-electron chi connectivity index (χ3n) is 4.59. The Morgan fingerprint density at radius 1 is 1.14 bits per heavy atom. The zero-order chi connectivity index (χ0) is 16.9. The van der Waals surface area contributed by atoms with Crippen molar-refractivity contribution in [3.8, 4) is 0 Å². The first kappa shape index (κ1) is 17.8. The van der Waals surface area contributed by atoms with E-state index in [1.165, 1.54) is 5.06 Å². The van der Waals surface area contributed by atoms with Crippen molar-refractivity contribution in [2.75, 3.05) is 6.54 Å². The van der Waals surface area contributed by atoms with Gasteiger partial charge in [-0.2, -0.15) is 12.6 Å². The Labute approximate surface area is 140 Å².